The Hall–Kier alpha value is -3.15. The molecule has 4 rings (SSSR count). The number of aromatic amines is 1. The summed E-state index contributed by atoms with van der Waals surface area (Å²) in [5, 5.41) is 7.41. The third kappa shape index (κ3) is 3.91. The quantitative estimate of drug-likeness (QED) is 0.711. The van der Waals surface area contributed by atoms with Crippen molar-refractivity contribution in [2.45, 2.75) is 38.1 Å². The molecule has 3 aromatic rings. The summed E-state index contributed by atoms with van der Waals surface area (Å²) < 4.78 is 0. The van der Waals surface area contributed by atoms with E-state index in [1.807, 2.05) is 41.4 Å². The molecule has 0 bridgehead atoms. The lowest BCUT2D eigenvalue weighted by Gasteiger charge is -2.36. The zero-order valence-corrected chi connectivity index (χ0v) is 15.8. The van der Waals surface area contributed by atoms with Crippen LogP contribution in [0.4, 0.5) is 5.82 Å². The highest BCUT2D eigenvalue weighted by Gasteiger charge is 2.30. The number of pyridine rings is 1. The number of carbonyl (C=O) groups is 1. The van der Waals surface area contributed by atoms with Crippen LogP contribution in [-0.2, 0) is 11.2 Å². The summed E-state index contributed by atoms with van der Waals surface area (Å²) in [6.45, 7) is 0.787. The molecule has 6 heteroatoms. The Labute approximate surface area is 164 Å². The molecule has 3 heterocycles. The first kappa shape index (κ1) is 18.2. The number of nitrogens with two attached hydrogens (primary N) is 1. The lowest BCUT2D eigenvalue weighted by atomic mass is 9.94. The van der Waals surface area contributed by atoms with Gasteiger partial charge in [0.2, 0.25) is 5.91 Å². The van der Waals surface area contributed by atoms with Gasteiger partial charge < -0.3 is 10.6 Å². The van der Waals surface area contributed by atoms with E-state index in [4.69, 9.17) is 5.73 Å². The van der Waals surface area contributed by atoms with E-state index in [0.717, 1.165) is 49.0 Å². The molecule has 28 heavy (non-hydrogen) atoms. The highest BCUT2D eigenvalue weighted by Crippen LogP contribution is 2.36. The van der Waals surface area contributed by atoms with Crippen LogP contribution in [-0.4, -0.2) is 32.5 Å². The van der Waals surface area contributed by atoms with Gasteiger partial charge in [0.05, 0.1) is 17.9 Å². The van der Waals surface area contributed by atoms with Crippen LogP contribution in [0, 0.1) is 0 Å². The minimum Gasteiger partial charge on any atom is -0.384 e. The number of H-pyrrole nitrogens is 1. The largest absolute Gasteiger partial charge is 0.384 e. The Morgan fingerprint density at radius 3 is 2.89 bits per heavy atom. The summed E-state index contributed by atoms with van der Waals surface area (Å²) in [4.78, 5) is 19.1. The standard InChI is InChI=1S/C22H25N5O/c23-20-14-17(11-12-24-20)18-15-25-26-22(18)19-8-4-5-13-27(19)21(28)10-9-16-6-2-1-3-7-16/h1-3,6-7,11-12,14-15,19H,4-5,8-10,13H2,(H2,23,24)(H,25,26)/t19-/m0/s1. The average molecular weight is 375 g/mol. The second kappa shape index (κ2) is 8.25. The van der Waals surface area contributed by atoms with Crippen LogP contribution in [0.3, 0.4) is 0 Å². The van der Waals surface area contributed by atoms with Crippen molar-refractivity contribution in [2.75, 3.05) is 12.3 Å². The van der Waals surface area contributed by atoms with E-state index in [2.05, 4.69) is 27.3 Å². The monoisotopic (exact) mass is 375 g/mol. The maximum Gasteiger partial charge on any atom is 0.223 e. The second-order valence-corrected chi connectivity index (χ2v) is 7.25. The smallest absolute Gasteiger partial charge is 0.223 e. The van der Waals surface area contributed by atoms with E-state index in [1.165, 1.54) is 5.56 Å². The third-order valence-corrected chi connectivity index (χ3v) is 5.39. The average Bonchev–Trinajstić information content (AvgIpc) is 3.22. The maximum atomic E-state index is 13.0. The number of amides is 1. The van der Waals surface area contributed by atoms with Crippen LogP contribution >= 0.6 is 0 Å². The Balaban J connectivity index is 1.55. The summed E-state index contributed by atoms with van der Waals surface area (Å²) in [5.41, 5.74) is 9.99. The fourth-order valence-electron chi connectivity index (χ4n) is 3.97. The van der Waals surface area contributed by atoms with Gasteiger partial charge in [-0.05, 0) is 48.9 Å². The highest BCUT2D eigenvalue weighted by molar-refractivity contribution is 5.78. The molecule has 0 spiro atoms. The maximum absolute atomic E-state index is 13.0. The van der Waals surface area contributed by atoms with Crippen molar-refractivity contribution in [3.05, 3.63) is 66.1 Å². The number of nitrogens with one attached hydrogen (secondary N) is 1. The zero-order chi connectivity index (χ0) is 19.3. The molecule has 6 nitrogen and oxygen atoms in total. The number of hydrogen-bond donors (Lipinski definition) is 2. The van der Waals surface area contributed by atoms with E-state index >= 15 is 0 Å². The first-order chi connectivity index (χ1) is 13.7. The summed E-state index contributed by atoms with van der Waals surface area (Å²) in [5.74, 6) is 0.674. The van der Waals surface area contributed by atoms with Crippen molar-refractivity contribution in [3.8, 4) is 11.1 Å². The van der Waals surface area contributed by atoms with E-state index in [1.54, 1.807) is 6.20 Å². The number of piperidine rings is 1. The van der Waals surface area contributed by atoms with Gasteiger partial charge in [-0.15, -0.1) is 0 Å². The van der Waals surface area contributed by atoms with Gasteiger partial charge in [-0.2, -0.15) is 5.10 Å². The van der Waals surface area contributed by atoms with Gasteiger partial charge in [-0.25, -0.2) is 4.98 Å². The van der Waals surface area contributed by atoms with Crippen molar-refractivity contribution in [3.63, 3.8) is 0 Å². The molecule has 3 N–H and O–H groups in total. The molecule has 144 valence electrons. The van der Waals surface area contributed by atoms with Crippen LogP contribution in [0.1, 0.15) is 43.0 Å². The van der Waals surface area contributed by atoms with Crippen LogP contribution in [0.2, 0.25) is 0 Å². The number of anilines is 1. The van der Waals surface area contributed by atoms with Crippen molar-refractivity contribution < 1.29 is 4.79 Å². The molecule has 1 amide bonds. The van der Waals surface area contributed by atoms with E-state index < -0.39 is 0 Å². The number of hydrogen-bond acceptors (Lipinski definition) is 4. The van der Waals surface area contributed by atoms with Gasteiger partial charge in [0.25, 0.3) is 0 Å². The van der Waals surface area contributed by atoms with Gasteiger partial charge in [0, 0.05) is 24.7 Å². The first-order valence-electron chi connectivity index (χ1n) is 9.81. The summed E-state index contributed by atoms with van der Waals surface area (Å²) in [6.07, 6.45) is 7.87. The van der Waals surface area contributed by atoms with Crippen molar-refractivity contribution in [1.82, 2.24) is 20.1 Å². The summed E-state index contributed by atoms with van der Waals surface area (Å²) in [6, 6.07) is 14.0. The molecule has 1 aliphatic heterocycles. The molecule has 1 saturated heterocycles. The van der Waals surface area contributed by atoms with Gasteiger partial charge in [-0.1, -0.05) is 30.3 Å². The number of aryl methyl sites for hydroxylation is 1. The minimum absolute atomic E-state index is 0.0175. The van der Waals surface area contributed by atoms with Crippen molar-refractivity contribution in [2.24, 2.45) is 0 Å². The van der Waals surface area contributed by atoms with Crippen molar-refractivity contribution >= 4 is 11.7 Å². The minimum atomic E-state index is 0.0175. The van der Waals surface area contributed by atoms with Gasteiger partial charge in [0.15, 0.2) is 0 Å². The normalized spacial score (nSPS) is 16.9. The van der Waals surface area contributed by atoms with E-state index in [9.17, 15) is 4.79 Å². The predicted molar refractivity (Wildman–Crippen MR) is 109 cm³/mol. The molecule has 0 saturated carbocycles. The number of aromatic nitrogens is 3. The topological polar surface area (TPSA) is 87.9 Å². The van der Waals surface area contributed by atoms with Gasteiger partial charge >= 0.3 is 0 Å². The number of benzene rings is 1. The molecule has 2 aromatic heterocycles. The molecular weight excluding hydrogens is 350 g/mol. The molecule has 0 unspecified atom stereocenters. The molecule has 0 radical (unpaired) electrons. The Morgan fingerprint density at radius 1 is 1.21 bits per heavy atom. The highest BCUT2D eigenvalue weighted by atomic mass is 16.2. The lowest BCUT2D eigenvalue weighted by molar-refractivity contribution is -0.135. The number of nitrogens with zero attached hydrogens (tertiary/aromatic N) is 3. The van der Waals surface area contributed by atoms with Gasteiger partial charge in [0.1, 0.15) is 5.82 Å². The fraction of sp³-hybridized carbons (Fsp3) is 0.318. The zero-order valence-electron chi connectivity index (χ0n) is 15.8. The number of carbonyl (C=O) groups excluding carboxylic acids is 1. The van der Waals surface area contributed by atoms with Gasteiger partial charge in [-0.3, -0.25) is 9.89 Å². The van der Waals surface area contributed by atoms with E-state index in [-0.39, 0.29) is 11.9 Å². The molecular formula is C22H25N5O. The molecule has 1 fully saturated rings. The summed E-state index contributed by atoms with van der Waals surface area (Å²) >= 11 is 0. The molecule has 1 aliphatic rings. The van der Waals surface area contributed by atoms with Crippen LogP contribution in [0.15, 0.2) is 54.9 Å². The Morgan fingerprint density at radius 2 is 2.07 bits per heavy atom. The number of likely N-dealkylation sites (tertiary alicyclic amines) is 1. The van der Waals surface area contributed by atoms with Crippen LogP contribution in [0.25, 0.3) is 11.1 Å². The third-order valence-electron chi connectivity index (χ3n) is 5.39. The Bertz CT molecular complexity index is 937. The number of rotatable bonds is 5. The van der Waals surface area contributed by atoms with Crippen LogP contribution < -0.4 is 5.73 Å². The fourth-order valence-corrected chi connectivity index (χ4v) is 3.97. The lowest BCUT2D eigenvalue weighted by Crippen LogP contribution is -2.39. The second-order valence-electron chi connectivity index (χ2n) is 7.25. The molecule has 1 atom stereocenters. The van der Waals surface area contributed by atoms with Crippen LogP contribution in [0.5, 0.6) is 0 Å². The first-order valence-corrected chi connectivity index (χ1v) is 9.81. The van der Waals surface area contributed by atoms with Crippen molar-refractivity contribution in [1.29, 1.82) is 0 Å². The molecule has 0 aliphatic carbocycles. The molecule has 1 aromatic carbocycles. The number of nitrogen functional groups attached to an aromatic ring is 1. The van der Waals surface area contributed by atoms with E-state index in [0.29, 0.717) is 12.2 Å². The Kier molecular flexibility index (Phi) is 5.37. The summed E-state index contributed by atoms with van der Waals surface area (Å²) in [7, 11) is 0. The SMILES string of the molecule is Nc1cc(-c2cn[nH]c2[C@@H]2CCCCN2C(=O)CCc2ccccc2)ccn1. The predicted octanol–water partition coefficient (Wildman–Crippen LogP) is 3.74.